The zero-order valence-corrected chi connectivity index (χ0v) is 13.8. The molecule has 0 bridgehead atoms. The lowest BCUT2D eigenvalue weighted by atomic mass is 10.3. The van der Waals surface area contributed by atoms with Crippen LogP contribution in [-0.2, 0) is 0 Å². The van der Waals surface area contributed by atoms with Gasteiger partial charge >= 0.3 is 0 Å². The van der Waals surface area contributed by atoms with Crippen molar-refractivity contribution in [2.45, 2.75) is 10.1 Å². The smallest absolute Gasteiger partial charge is 0.246 e. The molecule has 3 aromatic rings. The summed E-state index contributed by atoms with van der Waals surface area (Å²) in [4.78, 5) is 41.1. The summed E-state index contributed by atoms with van der Waals surface area (Å²) in [5.41, 5.74) is 0.0307. The Bertz CT molecular complexity index is 788. The Balaban J connectivity index is 1.82. The van der Waals surface area contributed by atoms with Crippen LogP contribution in [0.1, 0.15) is 21.0 Å². The summed E-state index contributed by atoms with van der Waals surface area (Å²) in [6, 6.07) is 10.5. The van der Waals surface area contributed by atoms with E-state index in [4.69, 9.17) is 0 Å². The van der Waals surface area contributed by atoms with E-state index in [2.05, 4.69) is 19.9 Å². The highest BCUT2D eigenvalue weighted by molar-refractivity contribution is 8.14. The SMILES string of the molecule is O=C(Sc1ccccn1)c1nccnc1C(=O)Sc1ccccn1. The lowest BCUT2D eigenvalue weighted by Gasteiger charge is -2.04. The number of nitrogens with zero attached hydrogens (tertiary/aromatic N) is 4. The average molecular weight is 354 g/mol. The molecule has 0 radical (unpaired) electrons. The second-order valence-electron chi connectivity index (χ2n) is 4.37. The van der Waals surface area contributed by atoms with E-state index in [9.17, 15) is 9.59 Å². The molecule has 3 heterocycles. The predicted octanol–water partition coefficient (Wildman–Crippen LogP) is 3.13. The van der Waals surface area contributed by atoms with Gasteiger partial charge in [-0.3, -0.25) is 9.59 Å². The molecule has 6 nitrogen and oxygen atoms in total. The monoisotopic (exact) mass is 354 g/mol. The topological polar surface area (TPSA) is 85.7 Å². The normalized spacial score (nSPS) is 10.3. The minimum atomic E-state index is -0.383. The molecule has 0 atom stereocenters. The fraction of sp³-hybridized carbons (Fsp3) is 0. The van der Waals surface area contributed by atoms with Crippen molar-refractivity contribution in [1.82, 2.24) is 19.9 Å². The van der Waals surface area contributed by atoms with Crippen LogP contribution in [0.3, 0.4) is 0 Å². The van der Waals surface area contributed by atoms with Gasteiger partial charge in [-0.05, 0) is 47.8 Å². The highest BCUT2D eigenvalue weighted by atomic mass is 32.2. The zero-order valence-electron chi connectivity index (χ0n) is 12.2. The molecular formula is C16H10N4O2S2. The fourth-order valence-electron chi connectivity index (χ4n) is 1.74. The molecular weight excluding hydrogens is 344 g/mol. The number of hydrogen-bond donors (Lipinski definition) is 0. The first-order valence-electron chi connectivity index (χ1n) is 6.81. The number of aromatic nitrogens is 4. The first kappa shape index (κ1) is 16.3. The maximum absolute atomic E-state index is 12.4. The summed E-state index contributed by atoms with van der Waals surface area (Å²) in [7, 11) is 0. The van der Waals surface area contributed by atoms with Crippen molar-refractivity contribution in [3.05, 3.63) is 72.6 Å². The molecule has 0 N–H and O–H groups in total. The van der Waals surface area contributed by atoms with Gasteiger partial charge in [0.1, 0.15) is 21.4 Å². The van der Waals surface area contributed by atoms with E-state index in [1.165, 1.54) is 12.4 Å². The van der Waals surface area contributed by atoms with Gasteiger partial charge < -0.3 is 0 Å². The van der Waals surface area contributed by atoms with Gasteiger partial charge in [0, 0.05) is 24.8 Å². The number of carbonyl (C=O) groups is 2. The molecule has 0 aromatic carbocycles. The first-order chi connectivity index (χ1) is 11.7. The second kappa shape index (κ2) is 7.80. The Kier molecular flexibility index (Phi) is 5.29. The van der Waals surface area contributed by atoms with Gasteiger partial charge in [0.2, 0.25) is 10.2 Å². The van der Waals surface area contributed by atoms with E-state index in [1.54, 1.807) is 48.8 Å². The summed E-state index contributed by atoms with van der Waals surface area (Å²) in [6.45, 7) is 0. The summed E-state index contributed by atoms with van der Waals surface area (Å²) in [5.74, 6) is 0. The molecule has 3 rings (SSSR count). The van der Waals surface area contributed by atoms with Gasteiger partial charge in [0.25, 0.3) is 0 Å². The Morgan fingerprint density at radius 1 is 0.625 bits per heavy atom. The fourth-order valence-corrected chi connectivity index (χ4v) is 3.13. The van der Waals surface area contributed by atoms with Crippen LogP contribution in [0.4, 0.5) is 0 Å². The van der Waals surface area contributed by atoms with Crippen molar-refractivity contribution in [3.8, 4) is 0 Å². The Hall–Kier alpha value is -2.58. The van der Waals surface area contributed by atoms with Crippen LogP contribution in [0.2, 0.25) is 0 Å². The Labute approximate surface area is 146 Å². The van der Waals surface area contributed by atoms with Gasteiger partial charge in [-0.15, -0.1) is 0 Å². The summed E-state index contributed by atoms with van der Waals surface area (Å²) in [5, 5.41) is 0.298. The molecule has 8 heteroatoms. The molecule has 0 saturated heterocycles. The molecule has 0 fully saturated rings. The number of thioether (sulfide) groups is 2. The van der Waals surface area contributed by atoms with E-state index in [0.29, 0.717) is 10.1 Å². The van der Waals surface area contributed by atoms with Crippen LogP contribution in [0, 0.1) is 0 Å². The third-order valence-corrected chi connectivity index (χ3v) is 4.41. The number of rotatable bonds is 4. The maximum Gasteiger partial charge on any atom is 0.246 e. The zero-order chi connectivity index (χ0) is 16.8. The quantitative estimate of drug-likeness (QED) is 0.661. The van der Waals surface area contributed by atoms with Crippen LogP contribution in [0.5, 0.6) is 0 Å². The Morgan fingerprint density at radius 3 is 1.46 bits per heavy atom. The van der Waals surface area contributed by atoms with Crippen LogP contribution in [0.25, 0.3) is 0 Å². The molecule has 0 saturated carbocycles. The highest BCUT2D eigenvalue weighted by Gasteiger charge is 2.22. The third kappa shape index (κ3) is 4.03. The van der Waals surface area contributed by atoms with Gasteiger partial charge in [0.05, 0.1) is 0 Å². The van der Waals surface area contributed by atoms with E-state index < -0.39 is 0 Å². The molecule has 0 aliphatic heterocycles. The minimum Gasteiger partial charge on any atom is -0.279 e. The van der Waals surface area contributed by atoms with Crippen molar-refractivity contribution in [1.29, 1.82) is 0 Å². The second-order valence-corrected chi connectivity index (χ2v) is 6.35. The number of carbonyl (C=O) groups excluding carboxylic acids is 2. The molecule has 0 amide bonds. The van der Waals surface area contributed by atoms with Crippen molar-refractivity contribution in [2.24, 2.45) is 0 Å². The van der Waals surface area contributed by atoms with Crippen molar-refractivity contribution in [3.63, 3.8) is 0 Å². The van der Waals surface area contributed by atoms with Gasteiger partial charge in [-0.25, -0.2) is 19.9 Å². The van der Waals surface area contributed by atoms with Gasteiger partial charge in [-0.1, -0.05) is 12.1 Å². The van der Waals surface area contributed by atoms with E-state index >= 15 is 0 Å². The lowest BCUT2D eigenvalue weighted by Crippen LogP contribution is -2.09. The third-order valence-electron chi connectivity index (χ3n) is 2.75. The van der Waals surface area contributed by atoms with E-state index in [-0.39, 0.29) is 21.6 Å². The van der Waals surface area contributed by atoms with Gasteiger partial charge in [-0.2, -0.15) is 0 Å². The van der Waals surface area contributed by atoms with E-state index in [1.807, 2.05) is 0 Å². The van der Waals surface area contributed by atoms with Crippen LogP contribution in [-0.4, -0.2) is 30.2 Å². The lowest BCUT2D eigenvalue weighted by molar-refractivity contribution is 0.105. The minimum absolute atomic E-state index is 0.0154. The van der Waals surface area contributed by atoms with Crippen molar-refractivity contribution in [2.75, 3.05) is 0 Å². The van der Waals surface area contributed by atoms with Crippen molar-refractivity contribution >= 4 is 33.8 Å². The van der Waals surface area contributed by atoms with Crippen LogP contribution in [0.15, 0.2) is 71.2 Å². The molecule has 0 unspecified atom stereocenters. The summed E-state index contributed by atoms with van der Waals surface area (Å²) < 4.78 is 0. The molecule has 0 aliphatic carbocycles. The van der Waals surface area contributed by atoms with Gasteiger partial charge in [0.15, 0.2) is 0 Å². The molecule has 24 heavy (non-hydrogen) atoms. The molecule has 0 spiro atoms. The predicted molar refractivity (Wildman–Crippen MR) is 90.9 cm³/mol. The summed E-state index contributed by atoms with van der Waals surface area (Å²) >= 11 is 1.81. The molecule has 0 aliphatic rings. The molecule has 118 valence electrons. The standard InChI is InChI=1S/C16H10N4O2S2/c21-15(23-11-5-1-3-7-17-11)13-14(20-10-9-19-13)16(22)24-12-6-2-4-8-18-12/h1-10H. The van der Waals surface area contributed by atoms with Crippen molar-refractivity contribution < 1.29 is 9.59 Å². The number of hydrogen-bond acceptors (Lipinski definition) is 8. The largest absolute Gasteiger partial charge is 0.279 e. The summed E-state index contributed by atoms with van der Waals surface area (Å²) in [6.07, 6.45) is 5.95. The molecule has 3 aromatic heterocycles. The number of pyridine rings is 2. The highest BCUT2D eigenvalue weighted by Crippen LogP contribution is 2.25. The maximum atomic E-state index is 12.4. The van der Waals surface area contributed by atoms with E-state index in [0.717, 1.165) is 23.5 Å². The van der Waals surface area contributed by atoms with Crippen LogP contribution < -0.4 is 0 Å². The Morgan fingerprint density at radius 2 is 1.08 bits per heavy atom. The average Bonchev–Trinajstić information content (AvgIpc) is 2.63. The van der Waals surface area contributed by atoms with Crippen LogP contribution >= 0.6 is 23.5 Å². The first-order valence-corrected chi connectivity index (χ1v) is 8.45.